The maximum atomic E-state index is 13.8. The van der Waals surface area contributed by atoms with Crippen LogP contribution in [0.15, 0.2) is 18.2 Å². The molecule has 4 rings (SSSR count). The molecule has 1 aliphatic carbocycles. The molecule has 1 aromatic rings. The van der Waals surface area contributed by atoms with E-state index in [0.717, 1.165) is 88.7 Å². The minimum Gasteiger partial charge on any atom is -0.497 e. The van der Waals surface area contributed by atoms with Gasteiger partial charge in [-0.15, -0.1) is 0 Å². The Labute approximate surface area is 192 Å². The number of fused-ring (bicyclic) bond motifs is 1. The third kappa shape index (κ3) is 4.75. The Morgan fingerprint density at radius 3 is 2.72 bits per heavy atom. The highest BCUT2D eigenvalue weighted by Crippen LogP contribution is 2.48. The molecule has 1 aromatic carbocycles. The average molecular weight is 446 g/mol. The van der Waals surface area contributed by atoms with Gasteiger partial charge in [0.1, 0.15) is 11.5 Å². The largest absolute Gasteiger partial charge is 0.497 e. The summed E-state index contributed by atoms with van der Waals surface area (Å²) in [6, 6.07) is 6.31. The summed E-state index contributed by atoms with van der Waals surface area (Å²) >= 11 is 0. The van der Waals surface area contributed by atoms with Gasteiger partial charge in [-0.05, 0) is 62.9 Å². The number of nitrogens with one attached hydrogen (secondary N) is 1. The van der Waals surface area contributed by atoms with Crippen LogP contribution in [0.3, 0.4) is 0 Å². The number of carbonyl (C=O) groups is 1. The van der Waals surface area contributed by atoms with Crippen LogP contribution in [0, 0.1) is 11.3 Å². The number of nitrogens with zero attached hydrogens (tertiary/aromatic N) is 2. The van der Waals surface area contributed by atoms with Gasteiger partial charge < -0.3 is 24.4 Å². The standard InChI is InChI=1S/C25H39N3O4/c1-4-27-10-8-20-16-21(28-11-13-32-14-12-28)7-9-25(20,18-27)24(29)26-17-19-15-22(30-2)5-6-23(19)31-3/h5-6,15,20-21H,4,7-14,16-18H2,1-3H3,(H,26,29)/t20-,21+,25-/m1/s1. The van der Waals surface area contributed by atoms with E-state index < -0.39 is 0 Å². The summed E-state index contributed by atoms with van der Waals surface area (Å²) in [6.45, 7) is 9.32. The Kier molecular flexibility index (Phi) is 7.59. The van der Waals surface area contributed by atoms with Crippen LogP contribution in [-0.4, -0.2) is 81.9 Å². The zero-order valence-corrected chi connectivity index (χ0v) is 19.9. The molecule has 3 fully saturated rings. The molecule has 3 aliphatic rings. The van der Waals surface area contributed by atoms with Crippen molar-refractivity contribution >= 4 is 5.91 Å². The van der Waals surface area contributed by atoms with Crippen molar-refractivity contribution < 1.29 is 19.0 Å². The number of morpholine rings is 1. The number of benzene rings is 1. The third-order valence-corrected chi connectivity index (χ3v) is 7.95. The highest BCUT2D eigenvalue weighted by molar-refractivity contribution is 5.83. The fraction of sp³-hybridized carbons (Fsp3) is 0.720. The highest BCUT2D eigenvalue weighted by Gasteiger charge is 2.52. The molecule has 1 N–H and O–H groups in total. The summed E-state index contributed by atoms with van der Waals surface area (Å²) in [5.74, 6) is 2.17. The number of methoxy groups -OCH3 is 2. The monoisotopic (exact) mass is 445 g/mol. The molecular weight excluding hydrogens is 406 g/mol. The molecule has 2 aliphatic heterocycles. The van der Waals surface area contributed by atoms with Crippen molar-refractivity contribution in [1.82, 2.24) is 15.1 Å². The molecule has 1 amide bonds. The Hall–Kier alpha value is -1.83. The van der Waals surface area contributed by atoms with E-state index >= 15 is 0 Å². The number of hydrogen-bond donors (Lipinski definition) is 1. The number of carbonyl (C=O) groups excluding carboxylic acids is 1. The van der Waals surface area contributed by atoms with Crippen molar-refractivity contribution in [2.45, 2.75) is 45.2 Å². The molecular formula is C25H39N3O4. The van der Waals surface area contributed by atoms with E-state index in [2.05, 4.69) is 22.0 Å². The first-order chi connectivity index (χ1) is 15.6. The van der Waals surface area contributed by atoms with Crippen molar-refractivity contribution in [3.63, 3.8) is 0 Å². The second-order valence-electron chi connectivity index (χ2n) is 9.45. The lowest BCUT2D eigenvalue weighted by Gasteiger charge is -2.53. The van der Waals surface area contributed by atoms with E-state index in [9.17, 15) is 4.79 Å². The molecule has 1 saturated carbocycles. The molecule has 178 valence electrons. The SMILES string of the molecule is CCN1CC[C@@H]2C[C@@H](N3CCOCC3)CC[C@@]2(C(=O)NCc2cc(OC)ccc2OC)C1. The number of amides is 1. The third-order valence-electron chi connectivity index (χ3n) is 7.95. The number of hydrogen-bond acceptors (Lipinski definition) is 6. The van der Waals surface area contributed by atoms with Gasteiger partial charge in [0.15, 0.2) is 0 Å². The fourth-order valence-electron chi connectivity index (χ4n) is 6.01. The lowest BCUT2D eigenvalue weighted by atomic mass is 9.61. The molecule has 2 heterocycles. The Bertz CT molecular complexity index is 782. The van der Waals surface area contributed by atoms with Crippen molar-refractivity contribution in [3.8, 4) is 11.5 Å². The van der Waals surface area contributed by atoms with Gasteiger partial charge in [0.25, 0.3) is 0 Å². The van der Waals surface area contributed by atoms with Gasteiger partial charge >= 0.3 is 0 Å². The molecule has 7 nitrogen and oxygen atoms in total. The molecule has 0 bridgehead atoms. The molecule has 0 radical (unpaired) electrons. The van der Waals surface area contributed by atoms with Gasteiger partial charge in [0.05, 0.1) is 32.8 Å². The minimum atomic E-state index is -0.302. The second kappa shape index (κ2) is 10.4. The van der Waals surface area contributed by atoms with Crippen LogP contribution in [0.5, 0.6) is 11.5 Å². The number of piperidine rings is 1. The van der Waals surface area contributed by atoms with Crippen LogP contribution in [0.2, 0.25) is 0 Å². The Morgan fingerprint density at radius 2 is 2.00 bits per heavy atom. The first-order valence-corrected chi connectivity index (χ1v) is 12.1. The second-order valence-corrected chi connectivity index (χ2v) is 9.45. The zero-order valence-electron chi connectivity index (χ0n) is 19.9. The summed E-state index contributed by atoms with van der Waals surface area (Å²) in [5.41, 5.74) is 0.640. The van der Waals surface area contributed by atoms with Gasteiger partial charge in [-0.2, -0.15) is 0 Å². The molecule has 0 unspecified atom stereocenters. The molecule has 32 heavy (non-hydrogen) atoms. The molecule has 2 saturated heterocycles. The summed E-state index contributed by atoms with van der Waals surface area (Å²) in [7, 11) is 3.32. The van der Waals surface area contributed by atoms with E-state index in [0.29, 0.717) is 18.5 Å². The quantitative estimate of drug-likeness (QED) is 0.696. The predicted octanol–water partition coefficient (Wildman–Crippen LogP) is 2.53. The van der Waals surface area contributed by atoms with Crippen LogP contribution in [-0.2, 0) is 16.1 Å². The summed E-state index contributed by atoms with van der Waals surface area (Å²) in [6.07, 6.45) is 4.26. The average Bonchev–Trinajstić information content (AvgIpc) is 2.86. The smallest absolute Gasteiger partial charge is 0.228 e. The lowest BCUT2D eigenvalue weighted by molar-refractivity contribution is -0.145. The maximum Gasteiger partial charge on any atom is 0.228 e. The van der Waals surface area contributed by atoms with Crippen LogP contribution in [0.25, 0.3) is 0 Å². The van der Waals surface area contributed by atoms with Gasteiger partial charge in [-0.25, -0.2) is 0 Å². The van der Waals surface area contributed by atoms with Crippen LogP contribution in [0.4, 0.5) is 0 Å². The van der Waals surface area contributed by atoms with E-state index in [1.165, 1.54) is 0 Å². The fourth-order valence-corrected chi connectivity index (χ4v) is 6.01. The van der Waals surface area contributed by atoms with Crippen molar-refractivity contribution in [3.05, 3.63) is 23.8 Å². The summed E-state index contributed by atoms with van der Waals surface area (Å²) < 4.78 is 16.4. The minimum absolute atomic E-state index is 0.200. The normalized spacial score (nSPS) is 29.2. The zero-order chi connectivity index (χ0) is 22.6. The topological polar surface area (TPSA) is 63.3 Å². The summed E-state index contributed by atoms with van der Waals surface area (Å²) in [4.78, 5) is 18.8. The van der Waals surface area contributed by atoms with E-state index in [4.69, 9.17) is 14.2 Å². The van der Waals surface area contributed by atoms with Crippen LogP contribution in [0.1, 0.15) is 38.2 Å². The first kappa shape index (κ1) is 23.3. The van der Waals surface area contributed by atoms with Crippen LogP contribution >= 0.6 is 0 Å². The van der Waals surface area contributed by atoms with E-state index in [1.807, 2.05) is 18.2 Å². The number of rotatable bonds is 7. The van der Waals surface area contributed by atoms with Crippen molar-refractivity contribution in [1.29, 1.82) is 0 Å². The van der Waals surface area contributed by atoms with E-state index in [1.54, 1.807) is 14.2 Å². The van der Waals surface area contributed by atoms with Gasteiger partial charge in [0, 0.05) is 37.8 Å². The van der Waals surface area contributed by atoms with E-state index in [-0.39, 0.29) is 11.3 Å². The predicted molar refractivity (Wildman–Crippen MR) is 124 cm³/mol. The highest BCUT2D eigenvalue weighted by atomic mass is 16.5. The number of ether oxygens (including phenoxy) is 3. The van der Waals surface area contributed by atoms with Crippen molar-refractivity contribution in [2.24, 2.45) is 11.3 Å². The maximum absolute atomic E-state index is 13.8. The molecule has 3 atom stereocenters. The van der Waals surface area contributed by atoms with Crippen molar-refractivity contribution in [2.75, 3.05) is 60.2 Å². The van der Waals surface area contributed by atoms with Crippen LogP contribution < -0.4 is 14.8 Å². The van der Waals surface area contributed by atoms with Gasteiger partial charge in [-0.1, -0.05) is 6.92 Å². The van der Waals surface area contributed by atoms with Gasteiger partial charge in [-0.3, -0.25) is 9.69 Å². The summed E-state index contributed by atoms with van der Waals surface area (Å²) in [5, 5.41) is 3.29. The Balaban J connectivity index is 1.49. The molecule has 0 aromatic heterocycles. The Morgan fingerprint density at radius 1 is 1.19 bits per heavy atom. The molecule has 0 spiro atoms. The number of likely N-dealkylation sites (tertiary alicyclic amines) is 1. The van der Waals surface area contributed by atoms with Gasteiger partial charge in [0.2, 0.25) is 5.91 Å². The molecule has 7 heteroatoms. The first-order valence-electron chi connectivity index (χ1n) is 12.1. The lowest BCUT2D eigenvalue weighted by Crippen LogP contribution is -2.60.